The Morgan fingerprint density at radius 2 is 2.00 bits per heavy atom. The Balaban J connectivity index is 1.88. The lowest BCUT2D eigenvalue weighted by molar-refractivity contribution is 0.577. The highest BCUT2D eigenvalue weighted by molar-refractivity contribution is 7.88. The predicted octanol–water partition coefficient (Wildman–Crippen LogP) is 2.16. The summed E-state index contributed by atoms with van der Waals surface area (Å²) in [5, 5.41) is 3.44. The van der Waals surface area contributed by atoms with Crippen molar-refractivity contribution in [1.82, 2.24) is 10.0 Å². The molecule has 2 N–H and O–H groups in total. The topological polar surface area (TPSA) is 58.2 Å². The molecule has 5 heteroatoms. The zero-order valence-electron chi connectivity index (χ0n) is 12.1. The number of benzene rings is 1. The molecule has 112 valence electrons. The quantitative estimate of drug-likeness (QED) is 0.687. The van der Waals surface area contributed by atoms with Crippen LogP contribution in [0, 0.1) is 0 Å². The monoisotopic (exact) mass is 296 g/mol. The summed E-state index contributed by atoms with van der Waals surface area (Å²) in [6, 6.07) is 8.49. The Hall–Kier alpha value is -0.910. The summed E-state index contributed by atoms with van der Waals surface area (Å²) >= 11 is 0. The van der Waals surface area contributed by atoms with E-state index in [0.717, 1.165) is 30.5 Å². The third-order valence-corrected chi connectivity index (χ3v) is 4.73. The van der Waals surface area contributed by atoms with Gasteiger partial charge in [0.25, 0.3) is 0 Å². The maximum Gasteiger partial charge on any atom is 0.215 e. The minimum atomic E-state index is -3.21. The van der Waals surface area contributed by atoms with Gasteiger partial charge in [0.15, 0.2) is 0 Å². The highest BCUT2D eigenvalue weighted by Crippen LogP contribution is 2.19. The van der Waals surface area contributed by atoms with Gasteiger partial charge >= 0.3 is 0 Å². The molecule has 1 aromatic rings. The summed E-state index contributed by atoms with van der Waals surface area (Å²) in [5.41, 5.74) is 2.00. The Labute approximate surface area is 122 Å². The third-order valence-electron chi connectivity index (χ3n) is 3.37. The van der Waals surface area contributed by atoms with E-state index >= 15 is 0 Å². The highest BCUT2D eigenvalue weighted by atomic mass is 32.2. The summed E-state index contributed by atoms with van der Waals surface area (Å²) in [6.45, 7) is 3.40. The summed E-state index contributed by atoms with van der Waals surface area (Å²) in [5.74, 6) is 0.0635. The Morgan fingerprint density at radius 3 is 2.70 bits per heavy atom. The first-order chi connectivity index (χ1) is 9.59. The number of sulfonamides is 1. The Morgan fingerprint density at radius 1 is 1.25 bits per heavy atom. The first-order valence-corrected chi connectivity index (χ1v) is 9.03. The highest BCUT2D eigenvalue weighted by Gasteiger charge is 2.20. The van der Waals surface area contributed by atoms with Crippen LogP contribution < -0.4 is 10.0 Å². The standard InChI is InChI=1S/C15H24N2O2S/c1-2-3-9-17-20(18,19)12-14-6-4-5-13(10-14)11-16-15-7-8-15/h4-6,10,15-17H,2-3,7-9,11-12H2,1H3. The van der Waals surface area contributed by atoms with Gasteiger partial charge in [0.1, 0.15) is 0 Å². The number of unbranched alkanes of at least 4 members (excludes halogenated alkanes) is 1. The van der Waals surface area contributed by atoms with Gasteiger partial charge in [-0.25, -0.2) is 13.1 Å². The van der Waals surface area contributed by atoms with Crippen molar-refractivity contribution < 1.29 is 8.42 Å². The van der Waals surface area contributed by atoms with Crippen molar-refractivity contribution in [3.63, 3.8) is 0 Å². The fourth-order valence-corrected chi connectivity index (χ4v) is 3.23. The molecule has 0 unspecified atom stereocenters. The van der Waals surface area contributed by atoms with Gasteiger partial charge in [-0.3, -0.25) is 0 Å². The van der Waals surface area contributed by atoms with Gasteiger partial charge in [0.05, 0.1) is 5.75 Å². The van der Waals surface area contributed by atoms with Gasteiger partial charge in [-0.05, 0) is 30.4 Å². The lowest BCUT2D eigenvalue weighted by Crippen LogP contribution is -2.26. The summed E-state index contributed by atoms with van der Waals surface area (Å²) in [4.78, 5) is 0. The van der Waals surface area contributed by atoms with E-state index in [-0.39, 0.29) is 5.75 Å². The summed E-state index contributed by atoms with van der Waals surface area (Å²) in [7, 11) is -3.21. The Kier molecular flexibility index (Phi) is 5.57. The van der Waals surface area contributed by atoms with Gasteiger partial charge < -0.3 is 5.32 Å². The first-order valence-electron chi connectivity index (χ1n) is 7.37. The molecule has 0 bridgehead atoms. The maximum absolute atomic E-state index is 11.9. The molecule has 0 aromatic heterocycles. The molecule has 20 heavy (non-hydrogen) atoms. The SMILES string of the molecule is CCCCNS(=O)(=O)Cc1cccc(CNC2CC2)c1. The molecule has 0 aliphatic heterocycles. The molecule has 1 aromatic carbocycles. The van der Waals surface area contributed by atoms with E-state index < -0.39 is 10.0 Å². The van der Waals surface area contributed by atoms with Crippen LogP contribution in [0.25, 0.3) is 0 Å². The van der Waals surface area contributed by atoms with E-state index in [1.54, 1.807) is 0 Å². The minimum absolute atomic E-state index is 0.0635. The molecule has 0 radical (unpaired) electrons. The zero-order valence-corrected chi connectivity index (χ0v) is 12.9. The summed E-state index contributed by atoms with van der Waals surface area (Å²) < 4.78 is 26.5. The van der Waals surface area contributed by atoms with Crippen LogP contribution >= 0.6 is 0 Å². The van der Waals surface area contributed by atoms with E-state index in [0.29, 0.717) is 12.6 Å². The van der Waals surface area contributed by atoms with Crippen LogP contribution in [0.3, 0.4) is 0 Å². The molecule has 0 spiro atoms. The molecule has 1 saturated carbocycles. The first kappa shape index (κ1) is 15.5. The fourth-order valence-electron chi connectivity index (χ4n) is 2.05. The molecule has 0 saturated heterocycles. The lowest BCUT2D eigenvalue weighted by Gasteiger charge is -2.08. The van der Waals surface area contributed by atoms with E-state index in [9.17, 15) is 8.42 Å². The van der Waals surface area contributed by atoms with Crippen molar-refractivity contribution in [3.05, 3.63) is 35.4 Å². The van der Waals surface area contributed by atoms with E-state index in [2.05, 4.69) is 10.0 Å². The van der Waals surface area contributed by atoms with Crippen LogP contribution in [0.5, 0.6) is 0 Å². The zero-order chi connectivity index (χ0) is 14.4. The molecule has 1 aliphatic carbocycles. The number of hydrogen-bond acceptors (Lipinski definition) is 3. The van der Waals surface area contributed by atoms with Crippen LogP contribution in [-0.2, 0) is 22.3 Å². The van der Waals surface area contributed by atoms with Gasteiger partial charge in [0, 0.05) is 19.1 Å². The van der Waals surface area contributed by atoms with Crippen LogP contribution in [0.2, 0.25) is 0 Å². The van der Waals surface area contributed by atoms with Gasteiger partial charge in [-0.1, -0.05) is 37.6 Å². The van der Waals surface area contributed by atoms with Crippen LogP contribution in [-0.4, -0.2) is 21.0 Å². The van der Waals surface area contributed by atoms with Gasteiger partial charge in [-0.15, -0.1) is 0 Å². The average Bonchev–Trinajstić information content (AvgIpc) is 3.20. The minimum Gasteiger partial charge on any atom is -0.310 e. The predicted molar refractivity (Wildman–Crippen MR) is 81.8 cm³/mol. The second-order valence-electron chi connectivity index (χ2n) is 5.48. The smallest absolute Gasteiger partial charge is 0.215 e. The molecule has 2 rings (SSSR count). The fraction of sp³-hybridized carbons (Fsp3) is 0.600. The van der Waals surface area contributed by atoms with Crippen molar-refractivity contribution in [2.24, 2.45) is 0 Å². The number of hydrogen-bond donors (Lipinski definition) is 2. The third kappa shape index (κ3) is 5.61. The Bertz CT molecular complexity index is 524. The number of rotatable bonds is 9. The van der Waals surface area contributed by atoms with E-state index in [4.69, 9.17) is 0 Å². The molecule has 4 nitrogen and oxygen atoms in total. The molecule has 0 atom stereocenters. The molecular weight excluding hydrogens is 272 g/mol. The van der Waals surface area contributed by atoms with Crippen molar-refractivity contribution in [1.29, 1.82) is 0 Å². The normalized spacial score (nSPS) is 15.4. The van der Waals surface area contributed by atoms with Crippen LogP contribution in [0.4, 0.5) is 0 Å². The number of nitrogens with one attached hydrogen (secondary N) is 2. The second kappa shape index (κ2) is 7.20. The van der Waals surface area contributed by atoms with Crippen molar-refractivity contribution >= 4 is 10.0 Å². The van der Waals surface area contributed by atoms with E-state index in [1.807, 2.05) is 31.2 Å². The molecule has 0 heterocycles. The van der Waals surface area contributed by atoms with E-state index in [1.165, 1.54) is 12.8 Å². The average molecular weight is 296 g/mol. The largest absolute Gasteiger partial charge is 0.310 e. The molecule has 1 fully saturated rings. The lowest BCUT2D eigenvalue weighted by atomic mass is 10.1. The molecular formula is C15H24N2O2S. The van der Waals surface area contributed by atoms with Gasteiger partial charge in [-0.2, -0.15) is 0 Å². The van der Waals surface area contributed by atoms with Gasteiger partial charge in [0.2, 0.25) is 10.0 Å². The molecule has 1 aliphatic rings. The van der Waals surface area contributed by atoms with Crippen LogP contribution in [0.15, 0.2) is 24.3 Å². The van der Waals surface area contributed by atoms with Crippen molar-refractivity contribution in [2.45, 2.75) is 50.9 Å². The van der Waals surface area contributed by atoms with Crippen LogP contribution in [0.1, 0.15) is 43.7 Å². The van der Waals surface area contributed by atoms with Crippen molar-refractivity contribution in [3.8, 4) is 0 Å². The second-order valence-corrected chi connectivity index (χ2v) is 7.29. The molecule has 0 amide bonds. The maximum atomic E-state index is 11.9. The summed E-state index contributed by atoms with van der Waals surface area (Å²) in [6.07, 6.45) is 4.39. The van der Waals surface area contributed by atoms with Crippen molar-refractivity contribution in [2.75, 3.05) is 6.54 Å².